The Balaban J connectivity index is 1.30. The van der Waals surface area contributed by atoms with Gasteiger partial charge >= 0.3 is 0 Å². The van der Waals surface area contributed by atoms with E-state index in [-0.39, 0.29) is 11.9 Å². The summed E-state index contributed by atoms with van der Waals surface area (Å²) in [4.78, 5) is 6.83. The number of rotatable bonds is 4. The molecule has 4 heteroatoms. The fourth-order valence-corrected chi connectivity index (χ4v) is 5.56. The summed E-state index contributed by atoms with van der Waals surface area (Å²) in [6.45, 7) is 1.07. The van der Waals surface area contributed by atoms with Gasteiger partial charge in [0.2, 0.25) is 0 Å². The number of pyridine rings is 1. The highest BCUT2D eigenvalue weighted by atomic mass is 15.1. The predicted octanol–water partition coefficient (Wildman–Crippen LogP) is 5.37. The fraction of sp³-hybridized carbons (Fsp3) is 0.241. The monoisotopic (exact) mass is 432 g/mol. The van der Waals surface area contributed by atoms with Gasteiger partial charge in [0.1, 0.15) is 5.84 Å². The molecule has 0 bridgehead atoms. The molecular weight excluding hydrogens is 404 g/mol. The van der Waals surface area contributed by atoms with Crippen LogP contribution in [0.1, 0.15) is 57.7 Å². The second-order valence-corrected chi connectivity index (χ2v) is 9.56. The lowest BCUT2D eigenvalue weighted by Gasteiger charge is -2.35. The van der Waals surface area contributed by atoms with E-state index in [0.29, 0.717) is 11.8 Å². The maximum Gasteiger partial charge on any atom is 0.122 e. The van der Waals surface area contributed by atoms with E-state index in [2.05, 4.69) is 65.5 Å². The molecule has 33 heavy (non-hydrogen) atoms. The van der Waals surface area contributed by atoms with E-state index in [1.54, 1.807) is 0 Å². The molecule has 1 saturated carbocycles. The minimum absolute atomic E-state index is 0.117. The smallest absolute Gasteiger partial charge is 0.122 e. The Morgan fingerprint density at radius 2 is 1.70 bits per heavy atom. The Labute approximate surface area is 194 Å². The molecule has 0 amide bonds. The van der Waals surface area contributed by atoms with E-state index in [4.69, 9.17) is 11.1 Å². The molecule has 2 unspecified atom stereocenters. The van der Waals surface area contributed by atoms with Crippen molar-refractivity contribution in [2.75, 3.05) is 13.6 Å². The predicted molar refractivity (Wildman–Crippen MR) is 134 cm³/mol. The van der Waals surface area contributed by atoms with Crippen LogP contribution in [0.2, 0.25) is 0 Å². The summed E-state index contributed by atoms with van der Waals surface area (Å²) in [5.41, 5.74) is 13.5. The van der Waals surface area contributed by atoms with E-state index < -0.39 is 0 Å². The Hall–Kier alpha value is -3.50. The molecule has 2 aliphatic rings. The van der Waals surface area contributed by atoms with Crippen molar-refractivity contribution in [3.05, 3.63) is 113 Å². The van der Waals surface area contributed by atoms with Gasteiger partial charge in [-0.05, 0) is 82.4 Å². The maximum atomic E-state index is 7.67. The Morgan fingerprint density at radius 3 is 2.48 bits per heavy atom. The van der Waals surface area contributed by atoms with Crippen LogP contribution >= 0.6 is 0 Å². The van der Waals surface area contributed by atoms with Gasteiger partial charge in [0.15, 0.2) is 0 Å². The van der Waals surface area contributed by atoms with Gasteiger partial charge in [-0.2, -0.15) is 0 Å². The molecule has 164 valence electrons. The van der Waals surface area contributed by atoms with Crippen molar-refractivity contribution >= 4 is 16.6 Å². The topological polar surface area (TPSA) is 66.0 Å². The summed E-state index contributed by atoms with van der Waals surface area (Å²) in [6.07, 6.45) is 6.16. The molecule has 1 aliphatic heterocycles. The molecule has 0 saturated heterocycles. The highest BCUT2D eigenvalue weighted by Gasteiger charge is 2.40. The number of fused-ring (bicyclic) bond motifs is 2. The molecule has 6 rings (SSSR count). The van der Waals surface area contributed by atoms with Gasteiger partial charge < -0.3 is 5.73 Å². The third-order valence-corrected chi connectivity index (χ3v) is 7.46. The average Bonchev–Trinajstić information content (AvgIpc) is 3.64. The SMILES string of the molecule is CN1CCc2ccc([C@@H]3CC3c3ccc4cc(C(=N)N)ccc4c3)cc2C1c1cccnc1. The Kier molecular flexibility index (Phi) is 4.77. The first kappa shape index (κ1) is 20.1. The third kappa shape index (κ3) is 3.61. The normalized spacial score (nSPS) is 22.2. The molecule has 1 fully saturated rings. The van der Waals surface area contributed by atoms with Crippen LogP contribution in [0.15, 0.2) is 79.1 Å². The summed E-state index contributed by atoms with van der Waals surface area (Å²) >= 11 is 0. The van der Waals surface area contributed by atoms with Crippen molar-refractivity contribution in [3.8, 4) is 0 Å². The molecule has 1 aliphatic carbocycles. The minimum Gasteiger partial charge on any atom is -0.384 e. The lowest BCUT2D eigenvalue weighted by atomic mass is 9.87. The van der Waals surface area contributed by atoms with Gasteiger partial charge in [-0.1, -0.05) is 54.6 Å². The number of nitrogens with zero attached hydrogens (tertiary/aromatic N) is 2. The van der Waals surface area contributed by atoms with Crippen molar-refractivity contribution < 1.29 is 0 Å². The third-order valence-electron chi connectivity index (χ3n) is 7.46. The van der Waals surface area contributed by atoms with Crippen LogP contribution < -0.4 is 5.73 Å². The average molecular weight is 433 g/mol. The van der Waals surface area contributed by atoms with Crippen LogP contribution in [0, 0.1) is 5.41 Å². The van der Waals surface area contributed by atoms with Crippen molar-refractivity contribution in [1.29, 1.82) is 5.41 Å². The molecule has 3 aromatic carbocycles. The zero-order valence-electron chi connectivity index (χ0n) is 18.8. The van der Waals surface area contributed by atoms with Gasteiger partial charge in [0.05, 0.1) is 6.04 Å². The second kappa shape index (κ2) is 7.82. The van der Waals surface area contributed by atoms with Gasteiger partial charge in [0, 0.05) is 24.5 Å². The number of nitrogen functional groups attached to an aromatic ring is 1. The zero-order valence-corrected chi connectivity index (χ0v) is 18.8. The van der Waals surface area contributed by atoms with Crippen molar-refractivity contribution in [2.24, 2.45) is 5.73 Å². The number of hydrogen-bond acceptors (Lipinski definition) is 3. The largest absolute Gasteiger partial charge is 0.384 e. The number of nitrogens with one attached hydrogen (secondary N) is 1. The molecule has 2 heterocycles. The quantitative estimate of drug-likeness (QED) is 0.337. The van der Waals surface area contributed by atoms with Gasteiger partial charge in [0.25, 0.3) is 0 Å². The van der Waals surface area contributed by atoms with Crippen LogP contribution in [-0.2, 0) is 6.42 Å². The number of likely N-dealkylation sites (N-methyl/N-ethyl adjacent to an activating group) is 1. The van der Waals surface area contributed by atoms with Gasteiger partial charge in [-0.3, -0.25) is 15.3 Å². The summed E-state index contributed by atoms with van der Waals surface area (Å²) in [7, 11) is 2.22. The van der Waals surface area contributed by atoms with Crippen LogP contribution in [0.3, 0.4) is 0 Å². The summed E-state index contributed by atoms with van der Waals surface area (Å²) in [6, 6.07) is 24.5. The number of nitrogens with two attached hydrogens (primary N) is 1. The second-order valence-electron chi connectivity index (χ2n) is 9.56. The van der Waals surface area contributed by atoms with E-state index in [1.165, 1.54) is 39.6 Å². The molecule has 3 N–H and O–H groups in total. The van der Waals surface area contributed by atoms with E-state index in [9.17, 15) is 0 Å². The van der Waals surface area contributed by atoms with Gasteiger partial charge in [-0.15, -0.1) is 0 Å². The summed E-state index contributed by atoms with van der Waals surface area (Å²) in [5.74, 6) is 1.26. The number of benzene rings is 3. The summed E-state index contributed by atoms with van der Waals surface area (Å²) < 4.78 is 0. The van der Waals surface area contributed by atoms with Gasteiger partial charge in [-0.25, -0.2) is 0 Å². The Morgan fingerprint density at radius 1 is 0.939 bits per heavy atom. The molecule has 0 spiro atoms. The first-order valence-electron chi connectivity index (χ1n) is 11.7. The number of hydrogen-bond donors (Lipinski definition) is 2. The van der Waals surface area contributed by atoms with Crippen molar-refractivity contribution in [1.82, 2.24) is 9.88 Å². The van der Waals surface area contributed by atoms with E-state index in [0.717, 1.165) is 23.9 Å². The number of amidine groups is 1. The summed E-state index contributed by atoms with van der Waals surface area (Å²) in [5, 5.41) is 10.0. The first-order valence-corrected chi connectivity index (χ1v) is 11.7. The highest BCUT2D eigenvalue weighted by molar-refractivity contribution is 5.99. The first-order chi connectivity index (χ1) is 16.1. The lowest BCUT2D eigenvalue weighted by Crippen LogP contribution is -2.33. The highest BCUT2D eigenvalue weighted by Crippen LogP contribution is 2.55. The van der Waals surface area contributed by atoms with Crippen molar-refractivity contribution in [3.63, 3.8) is 0 Å². The zero-order chi connectivity index (χ0) is 22.5. The maximum absolute atomic E-state index is 7.67. The van der Waals surface area contributed by atoms with Crippen LogP contribution in [0.25, 0.3) is 10.8 Å². The molecule has 0 radical (unpaired) electrons. The van der Waals surface area contributed by atoms with E-state index in [1.807, 2.05) is 30.6 Å². The van der Waals surface area contributed by atoms with Crippen LogP contribution in [0.5, 0.6) is 0 Å². The molecular formula is C29H28N4. The Bertz CT molecular complexity index is 1360. The minimum atomic E-state index is 0.117. The lowest BCUT2D eigenvalue weighted by molar-refractivity contribution is 0.264. The molecule has 3 atom stereocenters. The molecule has 4 nitrogen and oxygen atoms in total. The molecule has 1 aromatic heterocycles. The van der Waals surface area contributed by atoms with Crippen LogP contribution in [-0.4, -0.2) is 29.3 Å². The number of aromatic nitrogens is 1. The van der Waals surface area contributed by atoms with Crippen molar-refractivity contribution in [2.45, 2.75) is 30.7 Å². The van der Waals surface area contributed by atoms with Crippen LogP contribution in [0.4, 0.5) is 0 Å². The standard InChI is InChI=1S/C29H28N4/c1-33-12-10-18-4-7-22(15-27(18)28(33)24-3-2-11-32-17-24)26-16-25(26)21-8-5-20-14-23(29(30)31)9-6-19(20)13-21/h2-9,11,13-15,17,25-26,28H,10,12,16H2,1H3,(H3,30,31)/t25?,26-,28?/m0/s1. The molecule has 4 aromatic rings. The fourth-order valence-electron chi connectivity index (χ4n) is 5.56. The van der Waals surface area contributed by atoms with E-state index >= 15 is 0 Å².